The first-order valence-corrected chi connectivity index (χ1v) is 8.10. The number of halogens is 3. The number of rotatable bonds is 5. The molecular weight excluding hydrogens is 335 g/mol. The zero-order valence-electron chi connectivity index (χ0n) is 14.3. The third-order valence-corrected chi connectivity index (χ3v) is 4.25. The van der Waals surface area contributed by atoms with E-state index in [0.29, 0.717) is 19.6 Å². The Kier molecular flexibility index (Phi) is 5.92. The number of nitrogens with two attached hydrogens (primary N) is 1. The van der Waals surface area contributed by atoms with Crippen molar-refractivity contribution in [1.82, 2.24) is 4.90 Å². The molecule has 0 saturated heterocycles. The second-order valence-electron chi connectivity index (χ2n) is 5.92. The topological polar surface area (TPSA) is 67.9 Å². The first-order chi connectivity index (χ1) is 11.8. The molecule has 0 saturated carbocycles. The summed E-state index contributed by atoms with van der Waals surface area (Å²) in [4.78, 5) is 17.7. The SMILES string of the molecule is CCC1=CCC(CN2CCN=C2C(C(=O)OC)=C(N)C(F)(F)F)C=C1. The van der Waals surface area contributed by atoms with Crippen molar-refractivity contribution < 1.29 is 22.7 Å². The van der Waals surface area contributed by atoms with Crippen molar-refractivity contribution in [2.45, 2.75) is 25.9 Å². The van der Waals surface area contributed by atoms with Gasteiger partial charge in [0.2, 0.25) is 0 Å². The molecule has 1 heterocycles. The lowest BCUT2D eigenvalue weighted by Crippen LogP contribution is -2.38. The highest BCUT2D eigenvalue weighted by molar-refractivity contribution is 6.19. The lowest BCUT2D eigenvalue weighted by Gasteiger charge is -2.27. The Bertz CT molecular complexity index is 648. The predicted molar refractivity (Wildman–Crippen MR) is 88.8 cm³/mol. The van der Waals surface area contributed by atoms with Crippen LogP contribution in [0.25, 0.3) is 0 Å². The lowest BCUT2D eigenvalue weighted by molar-refractivity contribution is -0.136. The third-order valence-electron chi connectivity index (χ3n) is 4.25. The molecule has 2 N–H and O–H groups in total. The summed E-state index contributed by atoms with van der Waals surface area (Å²) in [7, 11) is 1.02. The van der Waals surface area contributed by atoms with E-state index in [0.717, 1.165) is 20.0 Å². The van der Waals surface area contributed by atoms with E-state index in [1.54, 1.807) is 4.90 Å². The highest BCUT2D eigenvalue weighted by atomic mass is 19.4. The Hall–Kier alpha value is -2.25. The van der Waals surface area contributed by atoms with E-state index < -0.39 is 23.4 Å². The first kappa shape index (κ1) is 19.1. The van der Waals surface area contributed by atoms with Gasteiger partial charge in [0, 0.05) is 13.1 Å². The third kappa shape index (κ3) is 4.43. The molecule has 0 spiro atoms. The molecular formula is C17H22F3N3O2. The lowest BCUT2D eigenvalue weighted by atomic mass is 9.95. The summed E-state index contributed by atoms with van der Waals surface area (Å²) in [6.45, 7) is 3.28. The fourth-order valence-electron chi connectivity index (χ4n) is 2.85. The van der Waals surface area contributed by atoms with Gasteiger partial charge in [0.1, 0.15) is 17.1 Å². The van der Waals surface area contributed by atoms with E-state index in [9.17, 15) is 18.0 Å². The van der Waals surface area contributed by atoms with E-state index in [4.69, 9.17) is 5.73 Å². The van der Waals surface area contributed by atoms with E-state index in [1.165, 1.54) is 5.57 Å². The number of ether oxygens (including phenoxy) is 1. The van der Waals surface area contributed by atoms with Gasteiger partial charge in [-0.15, -0.1) is 0 Å². The molecule has 25 heavy (non-hydrogen) atoms. The Morgan fingerprint density at radius 3 is 2.72 bits per heavy atom. The van der Waals surface area contributed by atoms with Crippen LogP contribution in [0.3, 0.4) is 0 Å². The van der Waals surface area contributed by atoms with Gasteiger partial charge in [0.15, 0.2) is 0 Å². The molecule has 1 aliphatic heterocycles. The number of carbonyl (C=O) groups is 1. The number of hydrogen-bond acceptors (Lipinski definition) is 5. The molecule has 5 nitrogen and oxygen atoms in total. The summed E-state index contributed by atoms with van der Waals surface area (Å²) in [6.07, 6.45) is 3.11. The van der Waals surface area contributed by atoms with E-state index in [-0.39, 0.29) is 11.8 Å². The van der Waals surface area contributed by atoms with Gasteiger partial charge < -0.3 is 15.4 Å². The van der Waals surface area contributed by atoms with E-state index in [2.05, 4.69) is 22.7 Å². The zero-order valence-corrected chi connectivity index (χ0v) is 14.3. The highest BCUT2D eigenvalue weighted by Gasteiger charge is 2.40. The molecule has 0 aromatic rings. The van der Waals surface area contributed by atoms with Crippen molar-refractivity contribution in [3.05, 3.63) is 35.1 Å². The number of alkyl halides is 3. The largest absolute Gasteiger partial charge is 0.465 e. The summed E-state index contributed by atoms with van der Waals surface area (Å²) in [5.74, 6) is -1.03. The zero-order chi connectivity index (χ0) is 18.6. The first-order valence-electron chi connectivity index (χ1n) is 8.10. The van der Waals surface area contributed by atoms with Gasteiger partial charge in [-0.2, -0.15) is 13.2 Å². The minimum Gasteiger partial charge on any atom is -0.465 e. The molecule has 0 amide bonds. The maximum atomic E-state index is 13.0. The van der Waals surface area contributed by atoms with Crippen LogP contribution in [-0.4, -0.2) is 49.6 Å². The van der Waals surface area contributed by atoms with Crippen LogP contribution < -0.4 is 5.73 Å². The Morgan fingerprint density at radius 1 is 1.48 bits per heavy atom. The van der Waals surface area contributed by atoms with Crippen LogP contribution in [0.15, 0.2) is 40.1 Å². The minimum atomic E-state index is -4.83. The minimum absolute atomic E-state index is 0.0413. The number of aliphatic imine (C=N–C) groups is 1. The van der Waals surface area contributed by atoms with E-state index in [1.807, 2.05) is 12.2 Å². The molecule has 8 heteroatoms. The van der Waals surface area contributed by atoms with Gasteiger partial charge in [-0.05, 0) is 18.8 Å². The maximum Gasteiger partial charge on any atom is 0.431 e. The molecule has 0 radical (unpaired) electrons. The quantitative estimate of drug-likeness (QED) is 0.607. The van der Waals surface area contributed by atoms with Crippen molar-refractivity contribution in [3.8, 4) is 0 Å². The summed E-state index contributed by atoms with van der Waals surface area (Å²) in [5.41, 5.74) is 4.26. The van der Waals surface area contributed by atoms with Crippen molar-refractivity contribution in [3.63, 3.8) is 0 Å². The molecule has 0 bridgehead atoms. The number of hydrogen-bond donors (Lipinski definition) is 1. The second kappa shape index (κ2) is 7.76. The van der Waals surface area contributed by atoms with Crippen molar-refractivity contribution >= 4 is 11.8 Å². The van der Waals surface area contributed by atoms with E-state index >= 15 is 0 Å². The Labute approximate surface area is 144 Å². The average molecular weight is 357 g/mol. The normalized spacial score (nSPS) is 21.6. The maximum absolute atomic E-state index is 13.0. The molecule has 0 aromatic carbocycles. The number of methoxy groups -OCH3 is 1. The van der Waals surface area contributed by atoms with Crippen LogP contribution in [0.1, 0.15) is 19.8 Å². The van der Waals surface area contributed by atoms with Gasteiger partial charge in [-0.25, -0.2) is 4.79 Å². The summed E-state index contributed by atoms with van der Waals surface area (Å²) in [6, 6.07) is 0. The molecule has 1 unspecified atom stereocenters. The fraction of sp³-hybridized carbons (Fsp3) is 0.529. The van der Waals surface area contributed by atoms with Crippen LogP contribution in [0.5, 0.6) is 0 Å². The van der Waals surface area contributed by atoms with Crippen molar-refractivity contribution in [2.75, 3.05) is 26.7 Å². The predicted octanol–water partition coefficient (Wildman–Crippen LogP) is 2.56. The molecule has 1 aliphatic carbocycles. The van der Waals surface area contributed by atoms with Crippen molar-refractivity contribution in [1.29, 1.82) is 0 Å². The molecule has 2 rings (SSSR count). The molecule has 2 aliphatic rings. The summed E-state index contributed by atoms with van der Waals surface area (Å²) in [5, 5.41) is 0. The van der Waals surface area contributed by atoms with Gasteiger partial charge in [-0.1, -0.05) is 30.7 Å². The smallest absolute Gasteiger partial charge is 0.431 e. The molecule has 1 atom stereocenters. The van der Waals surface area contributed by atoms with Gasteiger partial charge in [0.25, 0.3) is 0 Å². The number of nitrogens with zero attached hydrogens (tertiary/aromatic N) is 2. The molecule has 0 aromatic heterocycles. The van der Waals surface area contributed by atoms with Crippen LogP contribution in [0.4, 0.5) is 13.2 Å². The summed E-state index contributed by atoms with van der Waals surface area (Å²) >= 11 is 0. The molecule has 138 valence electrons. The molecule has 0 fully saturated rings. The average Bonchev–Trinajstić information content (AvgIpc) is 3.02. The standard InChI is InChI=1S/C17H22F3N3O2/c1-3-11-4-6-12(7-5-11)10-23-9-8-22-15(23)13(16(24)25-2)14(21)17(18,19)20/h4-6,12H,3,7-10,21H2,1-2H3. The van der Waals surface area contributed by atoms with Crippen molar-refractivity contribution in [2.24, 2.45) is 16.6 Å². The monoisotopic (exact) mass is 357 g/mol. The fourth-order valence-corrected chi connectivity index (χ4v) is 2.85. The number of allylic oxidation sites excluding steroid dienone is 4. The Morgan fingerprint density at radius 2 is 2.20 bits per heavy atom. The van der Waals surface area contributed by atoms with Gasteiger partial charge in [-0.3, -0.25) is 4.99 Å². The number of carbonyl (C=O) groups excluding carboxylic acids is 1. The second-order valence-corrected chi connectivity index (χ2v) is 5.92. The Balaban J connectivity index is 2.23. The summed E-state index contributed by atoms with van der Waals surface area (Å²) < 4.78 is 43.6. The number of esters is 1. The van der Waals surface area contributed by atoms with Crippen LogP contribution in [0, 0.1) is 5.92 Å². The van der Waals surface area contributed by atoms with Crippen LogP contribution in [-0.2, 0) is 9.53 Å². The highest BCUT2D eigenvalue weighted by Crippen LogP contribution is 2.28. The van der Waals surface area contributed by atoms with Gasteiger partial charge >= 0.3 is 12.1 Å². The van der Waals surface area contributed by atoms with Crippen LogP contribution in [0.2, 0.25) is 0 Å². The van der Waals surface area contributed by atoms with Crippen LogP contribution >= 0.6 is 0 Å². The number of amidine groups is 1. The van der Waals surface area contributed by atoms with Gasteiger partial charge in [0.05, 0.1) is 13.7 Å².